The number of rotatable bonds is 4. The summed E-state index contributed by atoms with van der Waals surface area (Å²) in [5, 5.41) is 21.6. The summed E-state index contributed by atoms with van der Waals surface area (Å²) in [6, 6.07) is 4.91. The number of nitro benzene ring substituents is 1. The number of carbonyl (C=O) groups excluding carboxylic acids is 1. The van der Waals surface area contributed by atoms with Crippen molar-refractivity contribution in [1.82, 2.24) is 0 Å². The Kier molecular flexibility index (Phi) is 4.96. The molecule has 0 fully saturated rings. The second-order valence-electron chi connectivity index (χ2n) is 7.70. The summed E-state index contributed by atoms with van der Waals surface area (Å²) >= 11 is 0. The van der Waals surface area contributed by atoms with E-state index >= 15 is 0 Å². The van der Waals surface area contributed by atoms with E-state index in [0.717, 1.165) is 0 Å². The normalized spacial score (nSPS) is 20.5. The molecule has 1 aromatic rings. The van der Waals surface area contributed by atoms with Gasteiger partial charge in [-0.3, -0.25) is 14.9 Å². The van der Waals surface area contributed by atoms with Crippen LogP contribution in [0.15, 0.2) is 34.9 Å². The number of methoxy groups -OCH3 is 2. The Morgan fingerprint density at radius 3 is 2.55 bits per heavy atom. The molecule has 1 aliphatic carbocycles. The monoisotopic (exact) mass is 399 g/mol. The van der Waals surface area contributed by atoms with Gasteiger partial charge in [0.1, 0.15) is 17.4 Å². The number of nitro groups is 1. The lowest BCUT2D eigenvalue weighted by Crippen LogP contribution is -2.33. The lowest BCUT2D eigenvalue weighted by Gasteiger charge is -2.37. The summed E-state index contributed by atoms with van der Waals surface area (Å²) < 4.78 is 16.0. The summed E-state index contributed by atoms with van der Waals surface area (Å²) in [5.41, 5.74) is 5.54. The topological polar surface area (TPSA) is 138 Å². The van der Waals surface area contributed by atoms with Gasteiger partial charge < -0.3 is 19.9 Å². The minimum atomic E-state index is -1.02. The van der Waals surface area contributed by atoms with Crippen LogP contribution in [-0.4, -0.2) is 24.9 Å². The van der Waals surface area contributed by atoms with Gasteiger partial charge in [0.15, 0.2) is 11.5 Å². The van der Waals surface area contributed by atoms with Crippen molar-refractivity contribution in [3.05, 3.63) is 50.6 Å². The van der Waals surface area contributed by atoms with Gasteiger partial charge in [-0.2, -0.15) is 5.26 Å². The molecule has 2 aliphatic rings. The number of Topliss-reactive ketones (excluding diaryl/α,β-unsaturated/α-hetero) is 1. The summed E-state index contributed by atoms with van der Waals surface area (Å²) in [5.74, 6) is -1.00. The van der Waals surface area contributed by atoms with Gasteiger partial charge in [-0.25, -0.2) is 0 Å². The van der Waals surface area contributed by atoms with Crippen LogP contribution >= 0.6 is 0 Å². The third-order valence-corrected chi connectivity index (χ3v) is 5.12. The largest absolute Gasteiger partial charge is 0.493 e. The van der Waals surface area contributed by atoms with Crippen molar-refractivity contribution >= 4 is 11.5 Å². The van der Waals surface area contributed by atoms with Gasteiger partial charge in [-0.15, -0.1) is 0 Å². The zero-order chi connectivity index (χ0) is 21.5. The van der Waals surface area contributed by atoms with Gasteiger partial charge in [0.25, 0.3) is 0 Å². The average Bonchev–Trinajstić information content (AvgIpc) is 2.64. The Morgan fingerprint density at radius 1 is 1.31 bits per heavy atom. The van der Waals surface area contributed by atoms with Crippen LogP contribution in [0.25, 0.3) is 0 Å². The predicted octanol–water partition coefficient (Wildman–Crippen LogP) is 3.06. The minimum absolute atomic E-state index is 0.0490. The molecule has 0 radical (unpaired) electrons. The Balaban J connectivity index is 2.34. The number of nitriles is 1. The van der Waals surface area contributed by atoms with E-state index in [4.69, 9.17) is 19.9 Å². The molecule has 1 heterocycles. The number of nitrogens with zero attached hydrogens (tertiary/aromatic N) is 2. The van der Waals surface area contributed by atoms with Gasteiger partial charge in [-0.05, 0) is 17.5 Å². The molecule has 0 spiro atoms. The molecule has 3 rings (SSSR count). The zero-order valence-electron chi connectivity index (χ0n) is 16.6. The lowest BCUT2D eigenvalue weighted by atomic mass is 9.70. The average molecular weight is 399 g/mol. The van der Waals surface area contributed by atoms with Crippen molar-refractivity contribution in [2.75, 3.05) is 14.2 Å². The van der Waals surface area contributed by atoms with Crippen molar-refractivity contribution in [3.63, 3.8) is 0 Å². The summed E-state index contributed by atoms with van der Waals surface area (Å²) in [6.07, 6.45) is 0.649. The third-order valence-electron chi connectivity index (χ3n) is 5.12. The van der Waals surface area contributed by atoms with Crippen molar-refractivity contribution in [2.24, 2.45) is 11.1 Å². The maximum atomic E-state index is 13.0. The molecule has 1 atom stereocenters. The molecular formula is C20H21N3O6. The fourth-order valence-electron chi connectivity index (χ4n) is 3.94. The van der Waals surface area contributed by atoms with Gasteiger partial charge in [0.2, 0.25) is 11.6 Å². The molecule has 0 saturated carbocycles. The lowest BCUT2D eigenvalue weighted by molar-refractivity contribution is -0.386. The summed E-state index contributed by atoms with van der Waals surface area (Å²) in [6.45, 7) is 3.84. The zero-order valence-corrected chi connectivity index (χ0v) is 16.6. The van der Waals surface area contributed by atoms with E-state index in [-0.39, 0.29) is 57.4 Å². The van der Waals surface area contributed by atoms with Crippen LogP contribution < -0.4 is 15.2 Å². The van der Waals surface area contributed by atoms with Gasteiger partial charge in [-0.1, -0.05) is 13.8 Å². The first-order chi connectivity index (χ1) is 13.6. The van der Waals surface area contributed by atoms with Crippen molar-refractivity contribution in [2.45, 2.75) is 32.6 Å². The van der Waals surface area contributed by atoms with Gasteiger partial charge in [0, 0.05) is 24.0 Å². The van der Waals surface area contributed by atoms with E-state index < -0.39 is 10.8 Å². The number of carbonyl (C=O) groups is 1. The molecule has 0 aromatic heterocycles. The Bertz CT molecular complexity index is 1020. The Morgan fingerprint density at radius 2 is 2.00 bits per heavy atom. The van der Waals surface area contributed by atoms with Gasteiger partial charge >= 0.3 is 5.69 Å². The number of hydrogen-bond acceptors (Lipinski definition) is 8. The maximum absolute atomic E-state index is 13.0. The number of ketones is 1. The highest BCUT2D eigenvalue weighted by Crippen LogP contribution is 2.52. The fourth-order valence-corrected chi connectivity index (χ4v) is 3.94. The Hall–Kier alpha value is -3.54. The van der Waals surface area contributed by atoms with Crippen molar-refractivity contribution in [1.29, 1.82) is 5.26 Å². The number of hydrogen-bond donors (Lipinski definition) is 1. The highest BCUT2D eigenvalue weighted by Gasteiger charge is 2.45. The smallest absolute Gasteiger partial charge is 0.319 e. The maximum Gasteiger partial charge on any atom is 0.319 e. The number of ether oxygens (including phenoxy) is 3. The first kappa shape index (κ1) is 20.2. The van der Waals surface area contributed by atoms with E-state index in [1.54, 1.807) is 0 Å². The predicted molar refractivity (Wildman–Crippen MR) is 102 cm³/mol. The first-order valence-corrected chi connectivity index (χ1v) is 8.88. The third kappa shape index (κ3) is 3.27. The number of benzene rings is 1. The van der Waals surface area contributed by atoms with Crippen LogP contribution in [0, 0.1) is 26.9 Å². The van der Waals surface area contributed by atoms with Gasteiger partial charge in [0.05, 0.1) is 25.1 Å². The van der Waals surface area contributed by atoms with E-state index in [0.29, 0.717) is 12.2 Å². The molecule has 9 nitrogen and oxygen atoms in total. The molecule has 1 aromatic carbocycles. The molecule has 9 heteroatoms. The summed E-state index contributed by atoms with van der Waals surface area (Å²) in [4.78, 5) is 24.3. The van der Waals surface area contributed by atoms with Crippen molar-refractivity contribution < 1.29 is 23.9 Å². The molecule has 0 bridgehead atoms. The molecule has 29 heavy (non-hydrogen) atoms. The van der Waals surface area contributed by atoms with Crippen LogP contribution in [-0.2, 0) is 9.53 Å². The van der Waals surface area contributed by atoms with E-state index in [2.05, 4.69) is 0 Å². The molecule has 1 aliphatic heterocycles. The highest BCUT2D eigenvalue weighted by atomic mass is 16.6. The van der Waals surface area contributed by atoms with Crippen LogP contribution in [0.4, 0.5) is 5.69 Å². The van der Waals surface area contributed by atoms with Crippen LogP contribution in [0.3, 0.4) is 0 Å². The molecule has 2 N–H and O–H groups in total. The fraction of sp³-hybridized carbons (Fsp3) is 0.400. The minimum Gasteiger partial charge on any atom is -0.493 e. The first-order valence-electron chi connectivity index (χ1n) is 8.88. The standard InChI is InChI=1S/C20H21N3O6/c1-20(2)7-12(24)16-14(8-20)29-19(22)11(9-21)15(16)10-5-6-13(27-3)18(28-4)17(10)23(25)26/h5-6,15H,7-8,22H2,1-4H3/t15-/m1/s1. The number of allylic oxidation sites excluding steroid dienone is 3. The SMILES string of the molecule is COc1ccc([C@@H]2C(C#N)=C(N)OC3=C2C(=O)CC(C)(C)C3)c([N+](=O)[O-])c1OC. The molecule has 0 saturated heterocycles. The van der Waals surface area contributed by atoms with E-state index in [1.807, 2.05) is 19.9 Å². The molecular weight excluding hydrogens is 378 g/mol. The highest BCUT2D eigenvalue weighted by molar-refractivity contribution is 6.00. The van der Waals surface area contributed by atoms with Crippen molar-refractivity contribution in [3.8, 4) is 17.6 Å². The molecule has 152 valence electrons. The van der Waals surface area contributed by atoms with E-state index in [1.165, 1.54) is 26.4 Å². The molecule has 0 amide bonds. The Labute approximate surface area is 167 Å². The second-order valence-corrected chi connectivity index (χ2v) is 7.70. The molecule has 0 unspecified atom stereocenters. The van der Waals surface area contributed by atoms with Crippen LogP contribution in [0.1, 0.15) is 38.2 Å². The second kappa shape index (κ2) is 7.13. The van der Waals surface area contributed by atoms with E-state index in [9.17, 15) is 20.2 Å². The van der Waals surface area contributed by atoms with Crippen LogP contribution in [0.5, 0.6) is 11.5 Å². The van der Waals surface area contributed by atoms with Crippen LogP contribution in [0.2, 0.25) is 0 Å². The quantitative estimate of drug-likeness (QED) is 0.602. The number of nitrogens with two attached hydrogens (primary N) is 1. The summed E-state index contributed by atoms with van der Waals surface area (Å²) in [7, 11) is 2.65.